The van der Waals surface area contributed by atoms with Crippen LogP contribution in [0.25, 0.3) is 0 Å². The molecule has 1 saturated heterocycles. The molecule has 2 aromatic rings. The van der Waals surface area contributed by atoms with Crippen LogP contribution in [0, 0.1) is 10.1 Å². The number of benzene rings is 2. The van der Waals surface area contributed by atoms with Gasteiger partial charge < -0.3 is 10.1 Å². The minimum Gasteiger partial charge on any atom is -0.495 e. The van der Waals surface area contributed by atoms with E-state index in [1.54, 1.807) is 19.2 Å². The molecular formula is C18H21N3O3. The Morgan fingerprint density at radius 1 is 1.29 bits per heavy atom. The van der Waals surface area contributed by atoms with Gasteiger partial charge in [0.1, 0.15) is 5.75 Å². The highest BCUT2D eigenvalue weighted by Gasteiger charge is 2.24. The Bertz CT molecular complexity index is 706. The first-order chi connectivity index (χ1) is 11.7. The zero-order valence-corrected chi connectivity index (χ0v) is 13.6. The summed E-state index contributed by atoms with van der Waals surface area (Å²) in [6, 6.07) is 15.3. The molecule has 6 heteroatoms. The second kappa shape index (κ2) is 7.31. The quantitative estimate of drug-likeness (QED) is 0.651. The number of hydrogen-bond acceptors (Lipinski definition) is 5. The number of hydrogen-bond donors (Lipinski definition) is 1. The molecule has 0 spiro atoms. The van der Waals surface area contributed by atoms with Crippen LogP contribution >= 0.6 is 0 Å². The van der Waals surface area contributed by atoms with Crippen LogP contribution in [0.4, 0.5) is 11.4 Å². The van der Waals surface area contributed by atoms with Crippen LogP contribution in [0.5, 0.6) is 5.75 Å². The standard InChI is InChI=1S/C18H21N3O3/c1-24-18-8-7-16(21(22)23)11-17(18)19-15-9-10-20(13-15)12-14-5-3-2-4-6-14/h2-8,11,15,19H,9-10,12-13H2,1H3. The number of nitrogens with zero attached hydrogens (tertiary/aromatic N) is 2. The molecule has 1 atom stereocenters. The highest BCUT2D eigenvalue weighted by atomic mass is 16.6. The first-order valence-electron chi connectivity index (χ1n) is 8.01. The molecule has 0 aromatic heterocycles. The van der Waals surface area contributed by atoms with E-state index in [0.29, 0.717) is 11.4 Å². The molecule has 126 valence electrons. The number of likely N-dealkylation sites (tertiary alicyclic amines) is 1. The minimum absolute atomic E-state index is 0.0671. The Morgan fingerprint density at radius 3 is 2.79 bits per heavy atom. The predicted octanol–water partition coefficient (Wildman–Crippen LogP) is 3.29. The number of nitrogens with one attached hydrogen (secondary N) is 1. The molecule has 2 aromatic carbocycles. The van der Waals surface area contributed by atoms with Gasteiger partial charge in [-0.1, -0.05) is 30.3 Å². The number of nitro groups is 1. The lowest BCUT2D eigenvalue weighted by atomic mass is 10.2. The largest absolute Gasteiger partial charge is 0.495 e. The van der Waals surface area contributed by atoms with Crippen molar-refractivity contribution in [1.29, 1.82) is 0 Å². The maximum absolute atomic E-state index is 11.0. The molecule has 1 aliphatic heterocycles. The number of nitro benzene ring substituents is 1. The van der Waals surface area contributed by atoms with Gasteiger partial charge in [-0.05, 0) is 18.1 Å². The van der Waals surface area contributed by atoms with Crippen molar-refractivity contribution < 1.29 is 9.66 Å². The summed E-state index contributed by atoms with van der Waals surface area (Å²) in [4.78, 5) is 13.0. The summed E-state index contributed by atoms with van der Waals surface area (Å²) in [5, 5.41) is 14.4. The molecule has 0 amide bonds. The van der Waals surface area contributed by atoms with Crippen molar-refractivity contribution in [2.24, 2.45) is 0 Å². The number of rotatable bonds is 6. The van der Waals surface area contributed by atoms with E-state index in [4.69, 9.17) is 4.74 Å². The molecule has 3 rings (SSSR count). The first-order valence-corrected chi connectivity index (χ1v) is 8.01. The molecule has 0 radical (unpaired) electrons. The van der Waals surface area contributed by atoms with E-state index in [-0.39, 0.29) is 16.7 Å². The maximum Gasteiger partial charge on any atom is 0.271 e. The van der Waals surface area contributed by atoms with Gasteiger partial charge in [0.25, 0.3) is 5.69 Å². The smallest absolute Gasteiger partial charge is 0.271 e. The summed E-state index contributed by atoms with van der Waals surface area (Å²) in [5.74, 6) is 0.627. The Labute approximate surface area is 141 Å². The zero-order chi connectivity index (χ0) is 16.9. The van der Waals surface area contributed by atoms with Gasteiger partial charge in [-0.2, -0.15) is 0 Å². The van der Waals surface area contributed by atoms with E-state index in [2.05, 4.69) is 34.5 Å². The van der Waals surface area contributed by atoms with Gasteiger partial charge in [0, 0.05) is 37.8 Å². The number of methoxy groups -OCH3 is 1. The van der Waals surface area contributed by atoms with Crippen molar-refractivity contribution in [3.63, 3.8) is 0 Å². The fourth-order valence-corrected chi connectivity index (χ4v) is 3.08. The van der Waals surface area contributed by atoms with Crippen LogP contribution in [0.15, 0.2) is 48.5 Å². The number of non-ortho nitro benzene ring substituents is 1. The van der Waals surface area contributed by atoms with Crippen molar-refractivity contribution in [1.82, 2.24) is 4.90 Å². The van der Waals surface area contributed by atoms with E-state index in [1.165, 1.54) is 11.6 Å². The predicted molar refractivity (Wildman–Crippen MR) is 93.4 cm³/mol. The lowest BCUT2D eigenvalue weighted by Crippen LogP contribution is -2.26. The van der Waals surface area contributed by atoms with Crippen LogP contribution in [-0.4, -0.2) is 36.1 Å². The monoisotopic (exact) mass is 327 g/mol. The molecule has 1 aliphatic rings. The summed E-state index contributed by atoms with van der Waals surface area (Å²) in [7, 11) is 1.57. The first kappa shape index (κ1) is 16.3. The normalized spacial score (nSPS) is 17.6. The van der Waals surface area contributed by atoms with E-state index in [0.717, 1.165) is 26.1 Å². The molecule has 0 aliphatic carbocycles. The fourth-order valence-electron chi connectivity index (χ4n) is 3.08. The van der Waals surface area contributed by atoms with E-state index in [1.807, 2.05) is 6.07 Å². The number of ether oxygens (including phenoxy) is 1. The van der Waals surface area contributed by atoms with Gasteiger partial charge in [-0.15, -0.1) is 0 Å². The minimum atomic E-state index is -0.388. The summed E-state index contributed by atoms with van der Waals surface area (Å²) in [5.41, 5.74) is 2.04. The van der Waals surface area contributed by atoms with Crippen molar-refractivity contribution >= 4 is 11.4 Å². The average Bonchev–Trinajstić information content (AvgIpc) is 3.02. The zero-order valence-electron chi connectivity index (χ0n) is 13.6. The van der Waals surface area contributed by atoms with Gasteiger partial charge in [0.2, 0.25) is 0 Å². The van der Waals surface area contributed by atoms with E-state index >= 15 is 0 Å². The van der Waals surface area contributed by atoms with E-state index < -0.39 is 0 Å². The van der Waals surface area contributed by atoms with Crippen molar-refractivity contribution in [3.8, 4) is 5.75 Å². The van der Waals surface area contributed by atoms with Gasteiger partial charge in [-0.3, -0.25) is 15.0 Å². The molecule has 1 fully saturated rings. The number of anilines is 1. The molecular weight excluding hydrogens is 306 g/mol. The lowest BCUT2D eigenvalue weighted by molar-refractivity contribution is -0.384. The average molecular weight is 327 g/mol. The lowest BCUT2D eigenvalue weighted by Gasteiger charge is -2.18. The third kappa shape index (κ3) is 3.83. The highest BCUT2D eigenvalue weighted by molar-refractivity contribution is 5.62. The Morgan fingerprint density at radius 2 is 2.08 bits per heavy atom. The Balaban J connectivity index is 1.65. The van der Waals surface area contributed by atoms with Crippen molar-refractivity contribution in [2.45, 2.75) is 19.0 Å². The summed E-state index contributed by atoms with van der Waals surface area (Å²) in [6.45, 7) is 2.83. The molecule has 6 nitrogen and oxygen atoms in total. The molecule has 1 heterocycles. The summed E-state index contributed by atoms with van der Waals surface area (Å²) in [6.07, 6.45) is 0.999. The third-order valence-electron chi connectivity index (χ3n) is 4.27. The Kier molecular flexibility index (Phi) is 4.96. The topological polar surface area (TPSA) is 67.6 Å². The van der Waals surface area contributed by atoms with Crippen molar-refractivity contribution in [3.05, 3.63) is 64.2 Å². The molecule has 0 saturated carbocycles. The van der Waals surface area contributed by atoms with Gasteiger partial charge in [0.15, 0.2) is 0 Å². The fraction of sp³-hybridized carbons (Fsp3) is 0.333. The third-order valence-corrected chi connectivity index (χ3v) is 4.27. The molecule has 1 unspecified atom stereocenters. The second-order valence-corrected chi connectivity index (χ2v) is 5.99. The van der Waals surface area contributed by atoms with Gasteiger partial charge >= 0.3 is 0 Å². The van der Waals surface area contributed by atoms with Gasteiger partial charge in [-0.25, -0.2) is 0 Å². The van der Waals surface area contributed by atoms with Crippen LogP contribution in [-0.2, 0) is 6.54 Å². The summed E-state index contributed by atoms with van der Waals surface area (Å²) >= 11 is 0. The molecule has 0 bridgehead atoms. The Hall–Kier alpha value is -2.60. The van der Waals surface area contributed by atoms with Gasteiger partial charge in [0.05, 0.1) is 17.7 Å². The van der Waals surface area contributed by atoms with Crippen LogP contribution in [0.2, 0.25) is 0 Å². The van der Waals surface area contributed by atoms with Crippen LogP contribution < -0.4 is 10.1 Å². The molecule has 1 N–H and O–H groups in total. The van der Waals surface area contributed by atoms with Crippen LogP contribution in [0.3, 0.4) is 0 Å². The second-order valence-electron chi connectivity index (χ2n) is 5.99. The SMILES string of the molecule is COc1ccc([N+](=O)[O-])cc1NC1CCN(Cc2ccccc2)C1. The molecule has 24 heavy (non-hydrogen) atoms. The van der Waals surface area contributed by atoms with E-state index in [9.17, 15) is 10.1 Å². The highest BCUT2D eigenvalue weighted by Crippen LogP contribution is 2.30. The van der Waals surface area contributed by atoms with Crippen LogP contribution in [0.1, 0.15) is 12.0 Å². The maximum atomic E-state index is 11.0. The van der Waals surface area contributed by atoms with Crippen molar-refractivity contribution in [2.75, 3.05) is 25.5 Å². The summed E-state index contributed by atoms with van der Waals surface area (Å²) < 4.78 is 5.31.